The molecule has 0 bridgehead atoms. The quantitative estimate of drug-likeness (QED) is 0.666. The van der Waals surface area contributed by atoms with Crippen LogP contribution in [0.3, 0.4) is 0 Å². The van der Waals surface area contributed by atoms with Gasteiger partial charge in [0.1, 0.15) is 34.8 Å². The molecule has 1 aliphatic rings. The summed E-state index contributed by atoms with van der Waals surface area (Å²) < 4.78 is 1.49. The summed E-state index contributed by atoms with van der Waals surface area (Å²) in [7, 11) is 0. The number of carbonyl (C=O) groups excluding carboxylic acids is 1. The van der Waals surface area contributed by atoms with E-state index in [1.165, 1.54) is 10.9 Å². The van der Waals surface area contributed by atoms with Gasteiger partial charge < -0.3 is 15.6 Å². The van der Waals surface area contributed by atoms with Crippen LogP contribution in [0.5, 0.6) is 0 Å². The molecule has 3 N–H and O–H groups in total. The van der Waals surface area contributed by atoms with Gasteiger partial charge in [-0.05, 0) is 38.5 Å². The minimum Gasteiger partial charge on any atom is -0.346 e. The van der Waals surface area contributed by atoms with Crippen LogP contribution in [-0.4, -0.2) is 25.4 Å². The van der Waals surface area contributed by atoms with E-state index in [4.69, 9.17) is 0 Å². The van der Waals surface area contributed by atoms with Gasteiger partial charge in [-0.3, -0.25) is 14.2 Å². The molecule has 24 heavy (non-hydrogen) atoms. The SMILES string of the molecule is Cc1cc(Nc2ncnc3[nH]ccc23)c(=O)n2c1C(=O)NC2(C)C.[HH]. The van der Waals surface area contributed by atoms with E-state index >= 15 is 0 Å². The number of anilines is 2. The maximum Gasteiger partial charge on any atom is 0.276 e. The van der Waals surface area contributed by atoms with Gasteiger partial charge in [-0.25, -0.2) is 9.97 Å². The molecule has 0 aliphatic carbocycles. The average molecular weight is 326 g/mol. The van der Waals surface area contributed by atoms with Crippen molar-refractivity contribution in [3.05, 3.63) is 46.3 Å². The molecule has 3 aromatic heterocycles. The number of pyridine rings is 1. The van der Waals surface area contributed by atoms with E-state index in [0.717, 1.165) is 10.9 Å². The fraction of sp³-hybridized carbons (Fsp3) is 0.250. The fourth-order valence-electron chi connectivity index (χ4n) is 3.14. The van der Waals surface area contributed by atoms with E-state index < -0.39 is 5.66 Å². The molecule has 0 atom stereocenters. The molecule has 8 nitrogen and oxygen atoms in total. The zero-order valence-corrected chi connectivity index (χ0v) is 13.5. The van der Waals surface area contributed by atoms with E-state index in [9.17, 15) is 9.59 Å². The number of aryl methyl sites for hydroxylation is 1. The Bertz CT molecular complexity index is 1050. The van der Waals surface area contributed by atoms with Gasteiger partial charge in [0.2, 0.25) is 0 Å². The lowest BCUT2D eigenvalue weighted by Crippen LogP contribution is -2.42. The topological polar surface area (TPSA) is 105 Å². The maximum atomic E-state index is 12.9. The zero-order valence-electron chi connectivity index (χ0n) is 13.5. The summed E-state index contributed by atoms with van der Waals surface area (Å²) in [6, 6.07) is 3.51. The van der Waals surface area contributed by atoms with Crippen molar-refractivity contribution >= 4 is 28.4 Å². The molecule has 1 aliphatic heterocycles. The molecule has 8 heteroatoms. The lowest BCUT2D eigenvalue weighted by atomic mass is 10.1. The summed E-state index contributed by atoms with van der Waals surface area (Å²) in [5, 5.41) is 6.69. The molecule has 0 aromatic carbocycles. The highest BCUT2D eigenvalue weighted by Gasteiger charge is 2.37. The van der Waals surface area contributed by atoms with Crippen LogP contribution < -0.4 is 16.2 Å². The number of hydrogen-bond acceptors (Lipinski definition) is 5. The highest BCUT2D eigenvalue weighted by atomic mass is 16.2. The number of H-pyrrole nitrogens is 1. The highest BCUT2D eigenvalue weighted by molar-refractivity contribution is 5.97. The Morgan fingerprint density at radius 1 is 1.29 bits per heavy atom. The van der Waals surface area contributed by atoms with Crippen molar-refractivity contribution in [2.75, 3.05) is 5.32 Å². The highest BCUT2D eigenvalue weighted by Crippen LogP contribution is 2.26. The molecular formula is C16H18N6O2. The van der Waals surface area contributed by atoms with Crippen LogP contribution in [-0.2, 0) is 5.66 Å². The van der Waals surface area contributed by atoms with Crippen molar-refractivity contribution < 1.29 is 6.22 Å². The largest absolute Gasteiger partial charge is 0.346 e. The standard InChI is InChI=1S/C16H16N6O2.H2/c1-8-6-10(15(24)22-11(8)14(23)21-16(22,2)3)20-13-9-4-5-17-12(9)18-7-19-13;/h4-7H,1-3H3,(H,21,23)(H2,17,18,19,20);1H. The Morgan fingerprint density at radius 3 is 2.88 bits per heavy atom. The van der Waals surface area contributed by atoms with Gasteiger partial charge in [0.15, 0.2) is 0 Å². The van der Waals surface area contributed by atoms with Gasteiger partial charge in [-0.2, -0.15) is 0 Å². The van der Waals surface area contributed by atoms with E-state index in [1.807, 2.05) is 13.0 Å². The number of hydrogen-bond donors (Lipinski definition) is 3. The first-order valence-electron chi connectivity index (χ1n) is 7.53. The Hall–Kier alpha value is -3.16. The number of fused-ring (bicyclic) bond motifs is 2. The first-order valence-corrected chi connectivity index (χ1v) is 7.53. The van der Waals surface area contributed by atoms with E-state index in [-0.39, 0.29) is 12.9 Å². The number of rotatable bonds is 2. The zero-order chi connectivity index (χ0) is 17.1. The molecule has 0 saturated heterocycles. The van der Waals surface area contributed by atoms with Gasteiger partial charge in [-0.15, -0.1) is 0 Å². The molecular weight excluding hydrogens is 308 g/mol. The third kappa shape index (κ3) is 1.92. The smallest absolute Gasteiger partial charge is 0.276 e. The van der Waals surface area contributed by atoms with Crippen LogP contribution in [0.25, 0.3) is 11.0 Å². The molecule has 3 aromatic rings. The average Bonchev–Trinajstić information content (AvgIpc) is 3.07. The van der Waals surface area contributed by atoms with Crippen molar-refractivity contribution in [2.24, 2.45) is 0 Å². The normalized spacial score (nSPS) is 15.4. The molecule has 4 heterocycles. The van der Waals surface area contributed by atoms with E-state index in [0.29, 0.717) is 22.8 Å². The molecule has 0 fully saturated rings. The summed E-state index contributed by atoms with van der Waals surface area (Å²) in [5.74, 6) is 0.296. The second-order valence-electron chi connectivity index (χ2n) is 6.33. The van der Waals surface area contributed by atoms with Crippen molar-refractivity contribution in [3.8, 4) is 0 Å². The first kappa shape index (κ1) is 14.4. The number of nitrogens with one attached hydrogen (secondary N) is 3. The van der Waals surface area contributed by atoms with Crippen LogP contribution >= 0.6 is 0 Å². The Balaban J connectivity index is 0.00000182. The molecule has 0 radical (unpaired) electrons. The summed E-state index contributed by atoms with van der Waals surface area (Å²) in [6.45, 7) is 5.39. The van der Waals surface area contributed by atoms with Gasteiger partial charge in [-0.1, -0.05) is 0 Å². The predicted molar refractivity (Wildman–Crippen MR) is 91.5 cm³/mol. The van der Waals surface area contributed by atoms with Crippen molar-refractivity contribution in [1.29, 1.82) is 0 Å². The van der Waals surface area contributed by atoms with Gasteiger partial charge in [0, 0.05) is 7.62 Å². The second-order valence-corrected chi connectivity index (χ2v) is 6.33. The monoisotopic (exact) mass is 326 g/mol. The van der Waals surface area contributed by atoms with Crippen LogP contribution in [0.15, 0.2) is 29.5 Å². The number of nitrogens with zero attached hydrogens (tertiary/aromatic N) is 3. The molecule has 0 spiro atoms. The number of aromatic amines is 1. The summed E-state index contributed by atoms with van der Waals surface area (Å²) >= 11 is 0. The summed E-state index contributed by atoms with van der Waals surface area (Å²) in [4.78, 5) is 36.4. The molecule has 0 unspecified atom stereocenters. The lowest BCUT2D eigenvalue weighted by molar-refractivity contribution is 0.0934. The molecule has 1 amide bonds. The van der Waals surface area contributed by atoms with Gasteiger partial charge in [0.25, 0.3) is 11.5 Å². The van der Waals surface area contributed by atoms with Crippen LogP contribution in [0, 0.1) is 6.92 Å². The lowest BCUT2D eigenvalue weighted by Gasteiger charge is -2.22. The fourth-order valence-corrected chi connectivity index (χ4v) is 3.14. The van der Waals surface area contributed by atoms with E-state index in [2.05, 4.69) is 25.6 Å². The Kier molecular flexibility index (Phi) is 2.81. The van der Waals surface area contributed by atoms with Crippen LogP contribution in [0.1, 0.15) is 31.3 Å². The van der Waals surface area contributed by atoms with Gasteiger partial charge in [0.05, 0.1) is 5.39 Å². The summed E-state index contributed by atoms with van der Waals surface area (Å²) in [5.41, 5.74) is 1.11. The van der Waals surface area contributed by atoms with Crippen LogP contribution in [0.4, 0.5) is 11.5 Å². The molecule has 0 saturated carbocycles. The minimum atomic E-state index is -0.777. The van der Waals surface area contributed by atoms with E-state index in [1.54, 1.807) is 26.1 Å². The molecule has 124 valence electrons. The Labute approximate surface area is 138 Å². The first-order chi connectivity index (χ1) is 11.4. The Morgan fingerprint density at radius 2 is 2.08 bits per heavy atom. The van der Waals surface area contributed by atoms with Crippen molar-refractivity contribution in [3.63, 3.8) is 0 Å². The molecule has 4 rings (SSSR count). The number of aromatic nitrogens is 4. The second kappa shape index (κ2) is 4.67. The van der Waals surface area contributed by atoms with Crippen LogP contribution in [0.2, 0.25) is 0 Å². The van der Waals surface area contributed by atoms with Gasteiger partial charge >= 0.3 is 0 Å². The number of carbonyl (C=O) groups is 1. The third-order valence-electron chi connectivity index (χ3n) is 4.19. The maximum absolute atomic E-state index is 12.9. The van der Waals surface area contributed by atoms with Crippen molar-refractivity contribution in [2.45, 2.75) is 26.4 Å². The van der Waals surface area contributed by atoms with Crippen molar-refractivity contribution in [1.82, 2.24) is 24.8 Å². The predicted octanol–water partition coefficient (Wildman–Crippen LogP) is 1.85. The third-order valence-corrected chi connectivity index (χ3v) is 4.19. The minimum absolute atomic E-state index is 0. The summed E-state index contributed by atoms with van der Waals surface area (Å²) in [6.07, 6.45) is 3.19. The number of amides is 1.